The summed E-state index contributed by atoms with van der Waals surface area (Å²) in [6.45, 7) is 4.66. The number of ether oxygens (including phenoxy) is 1. The molecule has 0 spiro atoms. The summed E-state index contributed by atoms with van der Waals surface area (Å²) in [5.41, 5.74) is 1.00. The van der Waals surface area contributed by atoms with Crippen LogP contribution in [0.4, 0.5) is 0 Å². The van der Waals surface area contributed by atoms with Crippen molar-refractivity contribution in [2.24, 2.45) is 0 Å². The lowest BCUT2D eigenvalue weighted by atomic mass is 10.3. The maximum Gasteiger partial charge on any atom is 0.332 e. The van der Waals surface area contributed by atoms with Crippen molar-refractivity contribution in [2.45, 2.75) is 32.8 Å². The molecule has 1 aliphatic heterocycles. The van der Waals surface area contributed by atoms with Crippen LogP contribution in [0.15, 0.2) is 11.8 Å². The normalized spacial score (nSPS) is 19.8. The molecule has 0 saturated carbocycles. The van der Waals surface area contributed by atoms with Gasteiger partial charge in [-0.2, -0.15) is 0 Å². The summed E-state index contributed by atoms with van der Waals surface area (Å²) in [6, 6.07) is 0. The zero-order valence-electron chi connectivity index (χ0n) is 7.59. The molecule has 1 saturated heterocycles. The number of nitrogens with one attached hydrogen (secondary N) is 1. The minimum Gasteiger partial charge on any atom is -0.460 e. The van der Waals surface area contributed by atoms with Gasteiger partial charge >= 0.3 is 5.97 Å². The fourth-order valence-corrected chi connectivity index (χ4v) is 1.15. The maximum atomic E-state index is 11.1. The van der Waals surface area contributed by atoms with Crippen molar-refractivity contribution in [3.05, 3.63) is 11.8 Å². The Morgan fingerprint density at radius 1 is 1.67 bits per heavy atom. The number of allylic oxidation sites excluding steroid dienone is 1. The molecule has 3 heteroatoms. The summed E-state index contributed by atoms with van der Waals surface area (Å²) in [6.07, 6.45) is 3.59. The van der Waals surface area contributed by atoms with Gasteiger partial charge in [0.05, 0.1) is 6.10 Å². The van der Waals surface area contributed by atoms with Crippen LogP contribution in [0.2, 0.25) is 0 Å². The first-order valence-electron chi connectivity index (χ1n) is 4.33. The number of esters is 1. The van der Waals surface area contributed by atoms with E-state index in [1.54, 1.807) is 6.08 Å². The van der Waals surface area contributed by atoms with Gasteiger partial charge in [-0.15, -0.1) is 0 Å². The van der Waals surface area contributed by atoms with E-state index in [9.17, 15) is 4.79 Å². The number of hydrogen-bond acceptors (Lipinski definition) is 3. The topological polar surface area (TPSA) is 38.3 Å². The Balaban J connectivity index is 2.38. The number of hydrogen-bond donors (Lipinski definition) is 1. The molecule has 68 valence electrons. The molecule has 0 bridgehead atoms. The number of carbonyl (C=O) groups excluding carboxylic acids is 1. The molecule has 0 aromatic heterocycles. The molecule has 3 nitrogen and oxygen atoms in total. The molecule has 0 amide bonds. The van der Waals surface area contributed by atoms with Crippen LogP contribution in [0.3, 0.4) is 0 Å². The second kappa shape index (κ2) is 4.14. The average Bonchev–Trinajstić information content (AvgIpc) is 2.37. The van der Waals surface area contributed by atoms with E-state index in [0.29, 0.717) is 0 Å². The lowest BCUT2D eigenvalue weighted by molar-refractivity contribution is -0.141. The van der Waals surface area contributed by atoms with Gasteiger partial charge in [0.2, 0.25) is 0 Å². The molecule has 0 radical (unpaired) electrons. The summed E-state index contributed by atoms with van der Waals surface area (Å²) in [5.74, 6) is -0.241. The summed E-state index contributed by atoms with van der Waals surface area (Å²) in [4.78, 5) is 11.1. The van der Waals surface area contributed by atoms with Crippen molar-refractivity contribution >= 4 is 5.97 Å². The molecule has 1 aliphatic rings. The second-order valence-electron chi connectivity index (χ2n) is 3.19. The highest BCUT2D eigenvalue weighted by atomic mass is 16.5. The molecule has 0 atom stereocenters. The van der Waals surface area contributed by atoms with E-state index in [4.69, 9.17) is 4.74 Å². The highest BCUT2D eigenvalue weighted by molar-refractivity contribution is 5.82. The van der Waals surface area contributed by atoms with Gasteiger partial charge in [0, 0.05) is 18.3 Å². The Labute approximate surface area is 72.8 Å². The van der Waals surface area contributed by atoms with Crippen molar-refractivity contribution in [3.63, 3.8) is 0 Å². The minimum atomic E-state index is -0.241. The van der Waals surface area contributed by atoms with Crippen LogP contribution in [0, 0.1) is 0 Å². The molecule has 0 aliphatic carbocycles. The van der Waals surface area contributed by atoms with Gasteiger partial charge in [-0.1, -0.05) is 0 Å². The SMILES string of the molecule is CC(C)OC(=O)C=C1CCCN1. The molecule has 12 heavy (non-hydrogen) atoms. The Morgan fingerprint density at radius 3 is 2.92 bits per heavy atom. The Kier molecular flexibility index (Phi) is 3.14. The molecule has 1 fully saturated rings. The van der Waals surface area contributed by atoms with Crippen LogP contribution in [0.25, 0.3) is 0 Å². The fourth-order valence-electron chi connectivity index (χ4n) is 1.15. The lowest BCUT2D eigenvalue weighted by Crippen LogP contribution is -2.12. The summed E-state index contributed by atoms with van der Waals surface area (Å²) >= 11 is 0. The van der Waals surface area contributed by atoms with Gasteiger partial charge in [-0.25, -0.2) is 4.79 Å². The highest BCUT2D eigenvalue weighted by Gasteiger charge is 2.08. The van der Waals surface area contributed by atoms with Crippen LogP contribution in [-0.2, 0) is 9.53 Å². The van der Waals surface area contributed by atoms with E-state index >= 15 is 0 Å². The summed E-state index contributed by atoms with van der Waals surface area (Å²) < 4.78 is 4.96. The van der Waals surface area contributed by atoms with Crippen LogP contribution in [0.5, 0.6) is 0 Å². The number of rotatable bonds is 2. The molecular formula is C9H15NO2. The summed E-state index contributed by atoms with van der Waals surface area (Å²) in [7, 11) is 0. The molecule has 0 aromatic rings. The third-order valence-corrected chi connectivity index (χ3v) is 1.62. The van der Waals surface area contributed by atoms with Crippen LogP contribution in [0.1, 0.15) is 26.7 Å². The van der Waals surface area contributed by atoms with Crippen LogP contribution >= 0.6 is 0 Å². The van der Waals surface area contributed by atoms with E-state index in [2.05, 4.69) is 5.32 Å². The smallest absolute Gasteiger partial charge is 0.332 e. The van der Waals surface area contributed by atoms with Crippen LogP contribution < -0.4 is 5.32 Å². The average molecular weight is 169 g/mol. The maximum absolute atomic E-state index is 11.1. The first kappa shape index (κ1) is 9.10. The molecule has 1 heterocycles. The van der Waals surface area contributed by atoms with E-state index in [0.717, 1.165) is 25.1 Å². The first-order valence-corrected chi connectivity index (χ1v) is 4.33. The van der Waals surface area contributed by atoms with E-state index in [-0.39, 0.29) is 12.1 Å². The monoisotopic (exact) mass is 169 g/mol. The standard InChI is InChI=1S/C9H15NO2/c1-7(2)12-9(11)6-8-4-3-5-10-8/h6-7,10H,3-5H2,1-2H3. The predicted molar refractivity (Wildman–Crippen MR) is 46.5 cm³/mol. The number of carbonyl (C=O) groups is 1. The lowest BCUT2D eigenvalue weighted by Gasteiger charge is -2.05. The molecule has 0 aromatic carbocycles. The van der Waals surface area contributed by atoms with Crippen molar-refractivity contribution in [2.75, 3.05) is 6.54 Å². The third-order valence-electron chi connectivity index (χ3n) is 1.62. The zero-order valence-corrected chi connectivity index (χ0v) is 7.59. The van der Waals surface area contributed by atoms with Gasteiger partial charge in [0.15, 0.2) is 0 Å². The fraction of sp³-hybridized carbons (Fsp3) is 0.667. The Bertz CT molecular complexity index is 189. The van der Waals surface area contributed by atoms with Gasteiger partial charge < -0.3 is 10.1 Å². The molecule has 1 N–H and O–H groups in total. The first-order chi connectivity index (χ1) is 5.68. The quantitative estimate of drug-likeness (QED) is 0.498. The van der Waals surface area contributed by atoms with E-state index < -0.39 is 0 Å². The Hall–Kier alpha value is -0.990. The summed E-state index contributed by atoms with van der Waals surface area (Å²) in [5, 5.41) is 3.12. The minimum absolute atomic E-state index is 0.0317. The van der Waals surface area contributed by atoms with Crippen molar-refractivity contribution in [3.8, 4) is 0 Å². The van der Waals surface area contributed by atoms with Crippen molar-refractivity contribution in [1.29, 1.82) is 0 Å². The van der Waals surface area contributed by atoms with Crippen molar-refractivity contribution < 1.29 is 9.53 Å². The molecule has 1 rings (SSSR count). The second-order valence-corrected chi connectivity index (χ2v) is 3.19. The largest absolute Gasteiger partial charge is 0.460 e. The van der Waals surface area contributed by atoms with Crippen LogP contribution in [-0.4, -0.2) is 18.6 Å². The van der Waals surface area contributed by atoms with Gasteiger partial charge in [0.1, 0.15) is 0 Å². The molecule has 0 unspecified atom stereocenters. The van der Waals surface area contributed by atoms with Gasteiger partial charge in [-0.05, 0) is 26.7 Å². The van der Waals surface area contributed by atoms with Gasteiger partial charge in [0.25, 0.3) is 0 Å². The highest BCUT2D eigenvalue weighted by Crippen LogP contribution is 2.08. The van der Waals surface area contributed by atoms with Gasteiger partial charge in [-0.3, -0.25) is 0 Å². The van der Waals surface area contributed by atoms with E-state index in [1.165, 1.54) is 0 Å². The van der Waals surface area contributed by atoms with E-state index in [1.807, 2.05) is 13.8 Å². The third kappa shape index (κ3) is 2.95. The Morgan fingerprint density at radius 2 is 2.42 bits per heavy atom. The predicted octanol–water partition coefficient (Wildman–Crippen LogP) is 1.21. The van der Waals surface area contributed by atoms with Crippen molar-refractivity contribution in [1.82, 2.24) is 5.32 Å². The zero-order chi connectivity index (χ0) is 8.97. The molecular weight excluding hydrogens is 154 g/mol.